The number of benzene rings is 2. The minimum absolute atomic E-state index is 0.780. The summed E-state index contributed by atoms with van der Waals surface area (Å²) in [4.78, 5) is 4.50. The van der Waals surface area contributed by atoms with Crippen LogP contribution in [0.1, 0.15) is 0 Å². The lowest BCUT2D eigenvalue weighted by Crippen LogP contribution is -1.87. The number of para-hydroxylation sites is 4. The van der Waals surface area contributed by atoms with Crippen molar-refractivity contribution in [3.8, 4) is 5.69 Å². The summed E-state index contributed by atoms with van der Waals surface area (Å²) < 4.78 is 2.10. The predicted molar refractivity (Wildman–Crippen MR) is 62.5 cm³/mol. The van der Waals surface area contributed by atoms with Crippen molar-refractivity contribution in [3.05, 3.63) is 48.5 Å². The van der Waals surface area contributed by atoms with E-state index in [2.05, 4.69) is 27.0 Å². The number of hydrogen-bond acceptors (Lipinski definition) is 1. The molecule has 0 saturated carbocycles. The Morgan fingerprint density at radius 3 is 2.69 bits per heavy atom. The normalized spacial score (nSPS) is 12.2. The molecule has 1 aromatic heterocycles. The molecule has 0 saturated heterocycles. The van der Waals surface area contributed by atoms with Crippen LogP contribution < -0.4 is 5.32 Å². The fourth-order valence-electron chi connectivity index (χ4n) is 2.18. The highest BCUT2D eigenvalue weighted by Crippen LogP contribution is 2.36. The Bertz CT molecular complexity index is 697. The molecule has 0 unspecified atom stereocenters. The Labute approximate surface area is 92.4 Å². The number of nitrogens with zero attached hydrogens (tertiary/aromatic N) is 3. The summed E-state index contributed by atoms with van der Waals surface area (Å²) in [5, 5.41) is 4.50. The van der Waals surface area contributed by atoms with Crippen molar-refractivity contribution < 1.29 is 0 Å². The van der Waals surface area contributed by atoms with Gasteiger partial charge in [-0.05, 0) is 24.3 Å². The first-order valence-corrected chi connectivity index (χ1v) is 5.22. The molecule has 1 aliphatic heterocycles. The quantitative estimate of drug-likeness (QED) is 0.435. The molecule has 3 heteroatoms. The third kappa shape index (κ3) is 0.852. The van der Waals surface area contributed by atoms with Gasteiger partial charge in [0.05, 0.1) is 22.4 Å². The van der Waals surface area contributed by atoms with Crippen LogP contribution >= 0.6 is 0 Å². The minimum Gasteiger partial charge on any atom is -0.275 e. The van der Waals surface area contributed by atoms with Crippen molar-refractivity contribution in [2.75, 3.05) is 0 Å². The maximum atomic E-state index is 4.50. The molecule has 3 nitrogen and oxygen atoms in total. The Morgan fingerprint density at radius 2 is 1.69 bits per heavy atom. The summed E-state index contributed by atoms with van der Waals surface area (Å²) in [6.45, 7) is 0. The Kier molecular flexibility index (Phi) is 1.31. The summed E-state index contributed by atoms with van der Waals surface area (Å²) in [6.07, 6.45) is 0. The average molecular weight is 206 g/mol. The van der Waals surface area contributed by atoms with E-state index >= 15 is 0 Å². The molecule has 3 aromatic rings. The van der Waals surface area contributed by atoms with Crippen LogP contribution in [0.15, 0.2) is 48.5 Å². The first kappa shape index (κ1) is 7.93. The van der Waals surface area contributed by atoms with Gasteiger partial charge in [0, 0.05) is 0 Å². The first-order chi connectivity index (χ1) is 7.93. The second-order valence-electron chi connectivity index (χ2n) is 3.84. The van der Waals surface area contributed by atoms with Gasteiger partial charge in [-0.1, -0.05) is 24.3 Å². The van der Waals surface area contributed by atoms with E-state index in [0.717, 1.165) is 28.4 Å². The highest BCUT2D eigenvalue weighted by atomic mass is 15.3. The highest BCUT2D eigenvalue weighted by molar-refractivity contribution is 5.85. The minimum atomic E-state index is 0.780. The van der Waals surface area contributed by atoms with Crippen LogP contribution in [0.3, 0.4) is 0 Å². The summed E-state index contributed by atoms with van der Waals surface area (Å²) >= 11 is 0. The molecule has 0 N–H and O–H groups in total. The van der Waals surface area contributed by atoms with Crippen LogP contribution in [-0.4, -0.2) is 9.55 Å². The molecular formula is C13H8N3. The molecule has 0 aliphatic carbocycles. The highest BCUT2D eigenvalue weighted by Gasteiger charge is 2.22. The van der Waals surface area contributed by atoms with Crippen molar-refractivity contribution in [1.29, 1.82) is 0 Å². The molecule has 2 heterocycles. The van der Waals surface area contributed by atoms with Crippen molar-refractivity contribution in [2.24, 2.45) is 0 Å². The van der Waals surface area contributed by atoms with E-state index < -0.39 is 0 Å². The molecule has 0 spiro atoms. The van der Waals surface area contributed by atoms with E-state index in [9.17, 15) is 0 Å². The Morgan fingerprint density at radius 1 is 0.875 bits per heavy atom. The third-order valence-corrected chi connectivity index (χ3v) is 2.89. The zero-order valence-corrected chi connectivity index (χ0v) is 8.46. The number of aromatic nitrogens is 2. The van der Waals surface area contributed by atoms with Gasteiger partial charge in [0.15, 0.2) is 0 Å². The van der Waals surface area contributed by atoms with E-state index in [1.165, 1.54) is 0 Å². The van der Waals surface area contributed by atoms with E-state index in [1.54, 1.807) is 0 Å². The largest absolute Gasteiger partial charge is 0.275 e. The van der Waals surface area contributed by atoms with Gasteiger partial charge < -0.3 is 0 Å². The van der Waals surface area contributed by atoms with E-state index in [0.29, 0.717) is 0 Å². The standard InChI is InChI=1S/C13H8N3/c1-3-7-11-9(5-1)14-13-15-10-6-2-4-8-12(10)16(11)13/h1-8H. The van der Waals surface area contributed by atoms with Gasteiger partial charge in [-0.2, -0.15) is 0 Å². The molecule has 0 amide bonds. The van der Waals surface area contributed by atoms with Gasteiger partial charge in [0.25, 0.3) is 0 Å². The van der Waals surface area contributed by atoms with Gasteiger partial charge in [0.2, 0.25) is 5.95 Å². The number of hydrogen-bond donors (Lipinski definition) is 0. The molecular weight excluding hydrogens is 198 g/mol. The molecule has 1 radical (unpaired) electrons. The molecule has 16 heavy (non-hydrogen) atoms. The first-order valence-electron chi connectivity index (χ1n) is 5.22. The third-order valence-electron chi connectivity index (χ3n) is 2.89. The smallest absolute Gasteiger partial charge is 0.236 e. The van der Waals surface area contributed by atoms with Crippen LogP contribution in [-0.2, 0) is 0 Å². The Balaban J connectivity index is 2.15. The molecule has 0 fully saturated rings. The summed E-state index contributed by atoms with van der Waals surface area (Å²) in [5.74, 6) is 0.780. The van der Waals surface area contributed by atoms with Gasteiger partial charge in [-0.25, -0.2) is 10.3 Å². The fourth-order valence-corrected chi connectivity index (χ4v) is 2.18. The summed E-state index contributed by atoms with van der Waals surface area (Å²) in [7, 11) is 0. The van der Waals surface area contributed by atoms with Crippen LogP contribution in [0, 0.1) is 0 Å². The van der Waals surface area contributed by atoms with Crippen molar-refractivity contribution >= 4 is 22.7 Å². The topological polar surface area (TPSA) is 31.9 Å². The lowest BCUT2D eigenvalue weighted by atomic mass is 10.2. The number of imidazole rings is 1. The number of rotatable bonds is 0. The lowest BCUT2D eigenvalue weighted by molar-refractivity contribution is 1.07. The average Bonchev–Trinajstić information content (AvgIpc) is 2.83. The van der Waals surface area contributed by atoms with Gasteiger partial charge in [-0.3, -0.25) is 4.57 Å². The van der Waals surface area contributed by atoms with Crippen LogP contribution in [0.5, 0.6) is 0 Å². The maximum absolute atomic E-state index is 4.50. The Hall–Kier alpha value is -2.29. The van der Waals surface area contributed by atoms with Crippen molar-refractivity contribution in [1.82, 2.24) is 14.9 Å². The zero-order valence-electron chi connectivity index (χ0n) is 8.46. The molecule has 0 bridgehead atoms. The van der Waals surface area contributed by atoms with E-state index in [-0.39, 0.29) is 0 Å². The van der Waals surface area contributed by atoms with Crippen molar-refractivity contribution in [2.45, 2.75) is 0 Å². The molecule has 4 rings (SSSR count). The van der Waals surface area contributed by atoms with Crippen LogP contribution in [0.2, 0.25) is 0 Å². The van der Waals surface area contributed by atoms with Gasteiger partial charge in [0.1, 0.15) is 0 Å². The number of fused-ring (bicyclic) bond motifs is 5. The molecule has 1 aliphatic rings. The summed E-state index contributed by atoms with van der Waals surface area (Å²) in [6, 6.07) is 16.2. The van der Waals surface area contributed by atoms with Crippen LogP contribution in [0.4, 0.5) is 11.6 Å². The van der Waals surface area contributed by atoms with Crippen LogP contribution in [0.25, 0.3) is 16.7 Å². The van der Waals surface area contributed by atoms with E-state index in [4.69, 9.17) is 0 Å². The monoisotopic (exact) mass is 206 g/mol. The second-order valence-corrected chi connectivity index (χ2v) is 3.84. The molecule has 75 valence electrons. The lowest BCUT2D eigenvalue weighted by Gasteiger charge is -2.00. The molecule has 2 aromatic carbocycles. The fraction of sp³-hybridized carbons (Fsp3) is 0. The summed E-state index contributed by atoms with van der Waals surface area (Å²) in [5.41, 5.74) is 4.23. The maximum Gasteiger partial charge on any atom is 0.236 e. The zero-order chi connectivity index (χ0) is 10.5. The SMILES string of the molecule is c1ccc2c(c1)[N]c1nc3ccccc3n1-2. The predicted octanol–water partition coefficient (Wildman–Crippen LogP) is 2.91. The van der Waals surface area contributed by atoms with Crippen molar-refractivity contribution in [3.63, 3.8) is 0 Å². The van der Waals surface area contributed by atoms with Gasteiger partial charge >= 0.3 is 0 Å². The van der Waals surface area contributed by atoms with E-state index in [1.807, 2.05) is 36.4 Å². The van der Waals surface area contributed by atoms with Gasteiger partial charge in [-0.15, -0.1) is 0 Å². The molecule has 0 atom stereocenters. The second kappa shape index (κ2) is 2.64.